The lowest BCUT2D eigenvalue weighted by atomic mass is 10.1. The number of fused-ring (bicyclic) bond motifs is 1. The van der Waals surface area contributed by atoms with E-state index < -0.39 is 11.7 Å². The molecule has 40 heavy (non-hydrogen) atoms. The first-order valence-electron chi connectivity index (χ1n) is 12.1. The van der Waals surface area contributed by atoms with Gasteiger partial charge >= 0.3 is 6.18 Å². The number of hydrogen-bond donors (Lipinski definition) is 2. The molecule has 0 fully saturated rings. The van der Waals surface area contributed by atoms with Crippen LogP contribution in [0.1, 0.15) is 27.9 Å². The van der Waals surface area contributed by atoms with E-state index in [-0.39, 0.29) is 18.0 Å². The Balaban J connectivity index is 1.23. The fourth-order valence-electron chi connectivity index (χ4n) is 4.18. The van der Waals surface area contributed by atoms with Crippen molar-refractivity contribution in [2.75, 3.05) is 5.32 Å². The zero-order chi connectivity index (χ0) is 28.1. The first kappa shape index (κ1) is 26.6. The molecule has 200 valence electrons. The average molecular weight is 559 g/mol. The van der Waals surface area contributed by atoms with Crippen molar-refractivity contribution in [3.8, 4) is 6.07 Å². The minimum atomic E-state index is -4.44. The summed E-state index contributed by atoms with van der Waals surface area (Å²) in [6.07, 6.45) is -1.01. The topological polar surface area (TPSA) is 95.1 Å². The summed E-state index contributed by atoms with van der Waals surface area (Å²) in [6.45, 7) is 0.505. The van der Waals surface area contributed by atoms with Gasteiger partial charge in [0.2, 0.25) is 5.91 Å². The van der Waals surface area contributed by atoms with Crippen molar-refractivity contribution in [2.45, 2.75) is 19.1 Å². The number of nitrogens with one attached hydrogen (secondary N) is 2. The summed E-state index contributed by atoms with van der Waals surface area (Å²) >= 11 is 1.18. The molecule has 2 heterocycles. The van der Waals surface area contributed by atoms with E-state index in [2.05, 4.69) is 26.9 Å². The summed E-state index contributed by atoms with van der Waals surface area (Å²) in [7, 11) is 0. The van der Waals surface area contributed by atoms with E-state index in [1.165, 1.54) is 23.5 Å². The molecule has 2 N–H and O–H groups in total. The van der Waals surface area contributed by atoms with Gasteiger partial charge in [0.15, 0.2) is 5.13 Å². The van der Waals surface area contributed by atoms with Gasteiger partial charge in [-0.1, -0.05) is 42.5 Å². The lowest BCUT2D eigenvalue weighted by Gasteiger charge is -2.08. The first-order valence-corrected chi connectivity index (χ1v) is 12.9. The van der Waals surface area contributed by atoms with Crippen LogP contribution in [0.25, 0.3) is 10.9 Å². The molecular weight excluding hydrogens is 537 g/mol. The van der Waals surface area contributed by atoms with E-state index in [9.17, 15) is 23.2 Å². The van der Waals surface area contributed by atoms with Crippen LogP contribution in [0.4, 0.5) is 24.0 Å². The molecule has 0 spiro atoms. The highest BCUT2D eigenvalue weighted by atomic mass is 32.1. The fourth-order valence-corrected chi connectivity index (χ4v) is 4.91. The molecule has 0 radical (unpaired) electrons. The number of para-hydroxylation sites is 1. The summed E-state index contributed by atoms with van der Waals surface area (Å²) < 4.78 is 40.9. The van der Waals surface area contributed by atoms with Gasteiger partial charge < -0.3 is 9.88 Å². The molecule has 0 saturated heterocycles. The molecule has 2 aromatic heterocycles. The number of amides is 1. The van der Waals surface area contributed by atoms with Crippen molar-refractivity contribution in [3.63, 3.8) is 0 Å². The number of carbonyl (C=O) groups excluding carboxylic acids is 1. The SMILES string of the molecule is N#Cc1ccccc1Cn1cc(/C=N\NC(=O)Cc2csc(Nc3cccc(C(F)(F)F)c3)n2)c2ccccc21. The van der Waals surface area contributed by atoms with Crippen molar-refractivity contribution in [3.05, 3.63) is 112 Å². The number of hydrogen-bond acceptors (Lipinski definition) is 6. The standard InChI is InChI=1S/C29H21F3N6OS/c30-29(31,32)22-8-5-9-23(12-22)35-28-36-24(18-40-28)13-27(39)37-34-15-21-17-38(26-11-4-3-10-25(21)26)16-20-7-2-1-6-19(20)14-33/h1-12,15,17-18H,13,16H2,(H,35,36)(H,37,39)/b34-15-. The van der Waals surface area contributed by atoms with Gasteiger partial charge in [0.05, 0.1) is 35.5 Å². The second kappa shape index (κ2) is 11.4. The summed E-state index contributed by atoms with van der Waals surface area (Å²) in [5.41, 5.74) is 5.72. The number of rotatable bonds is 8. The molecule has 7 nitrogen and oxygen atoms in total. The number of thiazole rings is 1. The van der Waals surface area contributed by atoms with Gasteiger partial charge in [-0.2, -0.15) is 23.5 Å². The van der Waals surface area contributed by atoms with Gasteiger partial charge in [0.1, 0.15) is 0 Å². The Bertz CT molecular complexity index is 1750. The predicted molar refractivity (Wildman–Crippen MR) is 148 cm³/mol. The number of aromatic nitrogens is 2. The monoisotopic (exact) mass is 558 g/mol. The molecule has 5 rings (SSSR count). The number of halogens is 3. The normalized spacial score (nSPS) is 11.6. The Morgan fingerprint density at radius 2 is 1.90 bits per heavy atom. The minimum Gasteiger partial charge on any atom is -0.342 e. The molecule has 3 aromatic carbocycles. The molecule has 0 aliphatic rings. The summed E-state index contributed by atoms with van der Waals surface area (Å²) in [5.74, 6) is -0.390. The Kier molecular flexibility index (Phi) is 7.61. The Morgan fingerprint density at radius 3 is 2.73 bits per heavy atom. The Labute approximate surface area is 231 Å². The number of carbonyl (C=O) groups is 1. The Morgan fingerprint density at radius 1 is 1.10 bits per heavy atom. The Hall–Kier alpha value is -4.95. The minimum absolute atomic E-state index is 0.0508. The van der Waals surface area contributed by atoms with Gasteiger partial charge in [0.25, 0.3) is 0 Å². The zero-order valence-corrected chi connectivity index (χ0v) is 21.6. The molecule has 11 heteroatoms. The van der Waals surface area contributed by atoms with Crippen LogP contribution in [0.3, 0.4) is 0 Å². The smallest absolute Gasteiger partial charge is 0.342 e. The van der Waals surface area contributed by atoms with Crippen LogP contribution in [0, 0.1) is 11.3 Å². The molecule has 5 aromatic rings. The largest absolute Gasteiger partial charge is 0.416 e. The fraction of sp³-hybridized carbons (Fsp3) is 0.103. The van der Waals surface area contributed by atoms with Gasteiger partial charge in [-0.25, -0.2) is 10.4 Å². The number of hydrazone groups is 1. The van der Waals surface area contributed by atoms with E-state index >= 15 is 0 Å². The third-order valence-corrected chi connectivity index (χ3v) is 6.83. The highest BCUT2D eigenvalue weighted by Gasteiger charge is 2.30. The lowest BCUT2D eigenvalue weighted by Crippen LogP contribution is -2.19. The highest BCUT2D eigenvalue weighted by Crippen LogP contribution is 2.32. The number of anilines is 2. The maximum absolute atomic E-state index is 13.0. The molecule has 1 amide bonds. The van der Waals surface area contributed by atoms with Crippen LogP contribution in [-0.4, -0.2) is 21.7 Å². The average Bonchev–Trinajstić information content (AvgIpc) is 3.52. The maximum Gasteiger partial charge on any atom is 0.416 e. The molecule has 0 saturated carbocycles. The molecule has 0 unspecified atom stereocenters. The summed E-state index contributed by atoms with van der Waals surface area (Å²) in [4.78, 5) is 16.8. The van der Waals surface area contributed by atoms with Gasteiger partial charge in [-0.3, -0.25) is 4.79 Å². The van der Waals surface area contributed by atoms with E-state index in [0.717, 1.165) is 34.2 Å². The van der Waals surface area contributed by atoms with Crippen molar-refractivity contribution in [2.24, 2.45) is 5.10 Å². The number of alkyl halides is 3. The van der Waals surface area contributed by atoms with Crippen molar-refractivity contribution < 1.29 is 18.0 Å². The summed E-state index contributed by atoms with van der Waals surface area (Å²) in [5, 5.41) is 19.4. The van der Waals surface area contributed by atoms with Crippen LogP contribution >= 0.6 is 11.3 Å². The van der Waals surface area contributed by atoms with Gasteiger partial charge in [-0.05, 0) is 35.9 Å². The molecular formula is C29H21F3N6OS. The van der Waals surface area contributed by atoms with Crippen LogP contribution in [-0.2, 0) is 23.9 Å². The molecule has 0 bridgehead atoms. The van der Waals surface area contributed by atoms with Crippen molar-refractivity contribution in [1.82, 2.24) is 15.0 Å². The van der Waals surface area contributed by atoms with Gasteiger partial charge in [-0.15, -0.1) is 11.3 Å². The van der Waals surface area contributed by atoms with Crippen LogP contribution in [0.15, 0.2) is 89.5 Å². The lowest BCUT2D eigenvalue weighted by molar-refractivity contribution is -0.137. The first-order chi connectivity index (χ1) is 19.3. The maximum atomic E-state index is 13.0. The second-order valence-electron chi connectivity index (χ2n) is 8.82. The third-order valence-electron chi connectivity index (χ3n) is 6.03. The second-order valence-corrected chi connectivity index (χ2v) is 9.67. The van der Waals surface area contributed by atoms with E-state index in [1.807, 2.05) is 53.2 Å². The molecule has 0 aliphatic heterocycles. The van der Waals surface area contributed by atoms with E-state index in [0.29, 0.717) is 22.9 Å². The predicted octanol–water partition coefficient (Wildman–Crippen LogP) is 6.47. The van der Waals surface area contributed by atoms with E-state index in [4.69, 9.17) is 0 Å². The summed E-state index contributed by atoms with van der Waals surface area (Å²) in [6, 6.07) is 22.3. The van der Waals surface area contributed by atoms with Crippen molar-refractivity contribution in [1.29, 1.82) is 5.26 Å². The number of nitrogens with zero attached hydrogens (tertiary/aromatic N) is 4. The van der Waals surface area contributed by atoms with Crippen molar-refractivity contribution >= 4 is 45.2 Å². The third kappa shape index (κ3) is 6.19. The number of nitriles is 1. The molecule has 0 aliphatic carbocycles. The van der Waals surface area contributed by atoms with Crippen LogP contribution in [0.2, 0.25) is 0 Å². The molecule has 0 atom stereocenters. The quantitative estimate of drug-likeness (QED) is 0.169. The zero-order valence-electron chi connectivity index (χ0n) is 20.8. The van der Waals surface area contributed by atoms with E-state index in [1.54, 1.807) is 17.7 Å². The van der Waals surface area contributed by atoms with Crippen LogP contribution in [0.5, 0.6) is 0 Å². The number of benzene rings is 3. The van der Waals surface area contributed by atoms with Crippen LogP contribution < -0.4 is 10.7 Å². The van der Waals surface area contributed by atoms with Gasteiger partial charge in [0, 0.05) is 40.3 Å². The highest BCUT2D eigenvalue weighted by molar-refractivity contribution is 7.13.